The SMILES string of the molecule is COc1ccc(CCC(=O)N2CCCC2CO)cc1Cl. The molecular formula is C15H20ClNO3. The molecule has 110 valence electrons. The Bertz CT molecular complexity index is 478. The van der Waals surface area contributed by atoms with Gasteiger partial charge in [-0.2, -0.15) is 0 Å². The molecule has 0 saturated carbocycles. The molecule has 2 rings (SSSR count). The number of hydrogen-bond donors (Lipinski definition) is 1. The summed E-state index contributed by atoms with van der Waals surface area (Å²) >= 11 is 6.06. The van der Waals surface area contributed by atoms with Crippen LogP contribution < -0.4 is 4.74 Å². The summed E-state index contributed by atoms with van der Waals surface area (Å²) in [6.07, 6.45) is 2.97. The molecule has 1 fully saturated rings. The molecule has 4 nitrogen and oxygen atoms in total. The lowest BCUT2D eigenvalue weighted by molar-refractivity contribution is -0.132. The highest BCUT2D eigenvalue weighted by Gasteiger charge is 2.27. The molecule has 1 saturated heterocycles. The fourth-order valence-electron chi connectivity index (χ4n) is 2.61. The summed E-state index contributed by atoms with van der Waals surface area (Å²) < 4.78 is 5.10. The Kier molecular flexibility index (Phi) is 5.26. The molecule has 0 bridgehead atoms. The Morgan fingerprint density at radius 1 is 1.55 bits per heavy atom. The summed E-state index contributed by atoms with van der Waals surface area (Å²) in [5.74, 6) is 0.745. The van der Waals surface area contributed by atoms with Crippen molar-refractivity contribution in [3.05, 3.63) is 28.8 Å². The molecule has 1 amide bonds. The first-order valence-electron chi connectivity index (χ1n) is 6.88. The summed E-state index contributed by atoms with van der Waals surface area (Å²) in [5, 5.41) is 9.80. The maximum atomic E-state index is 12.2. The highest BCUT2D eigenvalue weighted by molar-refractivity contribution is 6.32. The number of carbonyl (C=O) groups excluding carboxylic acids is 1. The van der Waals surface area contributed by atoms with Crippen molar-refractivity contribution >= 4 is 17.5 Å². The number of methoxy groups -OCH3 is 1. The van der Waals surface area contributed by atoms with E-state index in [1.54, 1.807) is 12.0 Å². The zero-order valence-corrected chi connectivity index (χ0v) is 12.4. The van der Waals surface area contributed by atoms with E-state index < -0.39 is 0 Å². The van der Waals surface area contributed by atoms with Crippen molar-refractivity contribution in [2.24, 2.45) is 0 Å². The van der Waals surface area contributed by atoms with Gasteiger partial charge in [0, 0.05) is 13.0 Å². The fourth-order valence-corrected chi connectivity index (χ4v) is 2.89. The molecule has 1 aliphatic rings. The minimum Gasteiger partial charge on any atom is -0.495 e. The number of aliphatic hydroxyl groups is 1. The number of ether oxygens (including phenoxy) is 1. The van der Waals surface area contributed by atoms with Crippen LogP contribution >= 0.6 is 11.6 Å². The van der Waals surface area contributed by atoms with Crippen LogP contribution in [-0.2, 0) is 11.2 Å². The number of aliphatic hydroxyl groups excluding tert-OH is 1. The van der Waals surface area contributed by atoms with Crippen LogP contribution in [0, 0.1) is 0 Å². The van der Waals surface area contributed by atoms with Crippen molar-refractivity contribution in [3.8, 4) is 5.75 Å². The van der Waals surface area contributed by atoms with Gasteiger partial charge in [-0.1, -0.05) is 17.7 Å². The van der Waals surface area contributed by atoms with Crippen LogP contribution in [0.25, 0.3) is 0 Å². The molecule has 1 unspecified atom stereocenters. The van der Waals surface area contributed by atoms with Gasteiger partial charge in [0.1, 0.15) is 5.75 Å². The van der Waals surface area contributed by atoms with Gasteiger partial charge in [-0.3, -0.25) is 4.79 Å². The van der Waals surface area contributed by atoms with Crippen molar-refractivity contribution in [2.75, 3.05) is 20.3 Å². The predicted octanol–water partition coefficient (Wildman–Crippen LogP) is 2.26. The average Bonchev–Trinajstić information content (AvgIpc) is 2.93. The largest absolute Gasteiger partial charge is 0.495 e. The fraction of sp³-hybridized carbons (Fsp3) is 0.533. The lowest BCUT2D eigenvalue weighted by atomic mass is 10.1. The normalized spacial score (nSPS) is 18.4. The van der Waals surface area contributed by atoms with E-state index in [1.165, 1.54) is 0 Å². The Balaban J connectivity index is 1.91. The number of nitrogens with zero attached hydrogens (tertiary/aromatic N) is 1. The van der Waals surface area contributed by atoms with E-state index in [-0.39, 0.29) is 18.6 Å². The summed E-state index contributed by atoms with van der Waals surface area (Å²) in [7, 11) is 1.58. The maximum Gasteiger partial charge on any atom is 0.223 e. The van der Waals surface area contributed by atoms with Crippen molar-refractivity contribution in [1.29, 1.82) is 0 Å². The molecular weight excluding hydrogens is 278 g/mol. The lowest BCUT2D eigenvalue weighted by Gasteiger charge is -2.23. The van der Waals surface area contributed by atoms with E-state index in [1.807, 2.05) is 18.2 Å². The Hall–Kier alpha value is -1.26. The van der Waals surface area contributed by atoms with Gasteiger partial charge in [-0.25, -0.2) is 0 Å². The molecule has 1 aromatic rings. The number of rotatable bonds is 5. The topological polar surface area (TPSA) is 49.8 Å². The van der Waals surface area contributed by atoms with Crippen LogP contribution in [0.2, 0.25) is 5.02 Å². The van der Waals surface area contributed by atoms with Gasteiger partial charge in [-0.15, -0.1) is 0 Å². The molecule has 0 aliphatic carbocycles. The van der Waals surface area contributed by atoms with Gasteiger partial charge in [0.05, 0.1) is 24.8 Å². The average molecular weight is 298 g/mol. The minimum absolute atomic E-state index is 0.00181. The second kappa shape index (κ2) is 6.95. The van der Waals surface area contributed by atoms with E-state index in [4.69, 9.17) is 16.3 Å². The van der Waals surface area contributed by atoms with Gasteiger partial charge in [0.15, 0.2) is 0 Å². The Labute approximate surface area is 124 Å². The Morgan fingerprint density at radius 2 is 2.35 bits per heavy atom. The second-order valence-electron chi connectivity index (χ2n) is 5.03. The number of hydrogen-bond acceptors (Lipinski definition) is 3. The smallest absolute Gasteiger partial charge is 0.223 e. The van der Waals surface area contributed by atoms with Gasteiger partial charge in [0.2, 0.25) is 5.91 Å². The number of likely N-dealkylation sites (tertiary alicyclic amines) is 1. The summed E-state index contributed by atoms with van der Waals surface area (Å²) in [4.78, 5) is 13.9. The monoisotopic (exact) mass is 297 g/mol. The zero-order valence-electron chi connectivity index (χ0n) is 11.6. The first kappa shape index (κ1) is 15.1. The molecule has 1 aromatic carbocycles. The van der Waals surface area contributed by atoms with Crippen molar-refractivity contribution in [2.45, 2.75) is 31.7 Å². The standard InChI is InChI=1S/C15H20ClNO3/c1-20-14-6-4-11(9-13(14)16)5-7-15(19)17-8-2-3-12(17)10-18/h4,6,9,12,18H,2-3,5,7-8,10H2,1H3. The van der Waals surface area contributed by atoms with Gasteiger partial charge < -0.3 is 14.7 Å². The van der Waals surface area contributed by atoms with E-state index in [0.717, 1.165) is 24.9 Å². The van der Waals surface area contributed by atoms with E-state index in [0.29, 0.717) is 23.6 Å². The van der Waals surface area contributed by atoms with Gasteiger partial charge in [-0.05, 0) is 37.0 Å². The van der Waals surface area contributed by atoms with E-state index in [9.17, 15) is 9.90 Å². The third kappa shape index (κ3) is 3.44. The van der Waals surface area contributed by atoms with E-state index in [2.05, 4.69) is 0 Å². The first-order valence-corrected chi connectivity index (χ1v) is 7.26. The lowest BCUT2D eigenvalue weighted by Crippen LogP contribution is -2.37. The van der Waals surface area contributed by atoms with Gasteiger partial charge >= 0.3 is 0 Å². The molecule has 0 radical (unpaired) electrons. The number of aryl methyl sites for hydroxylation is 1. The summed E-state index contributed by atoms with van der Waals surface area (Å²) in [5.41, 5.74) is 1.02. The maximum absolute atomic E-state index is 12.2. The van der Waals surface area contributed by atoms with Crippen LogP contribution in [0.4, 0.5) is 0 Å². The number of benzene rings is 1. The van der Waals surface area contributed by atoms with Crippen molar-refractivity contribution in [3.63, 3.8) is 0 Å². The van der Waals surface area contributed by atoms with Crippen LogP contribution in [0.15, 0.2) is 18.2 Å². The molecule has 0 aromatic heterocycles. The molecule has 1 N–H and O–H groups in total. The summed E-state index contributed by atoms with van der Waals surface area (Å²) in [6.45, 7) is 0.813. The number of halogens is 1. The Morgan fingerprint density at radius 3 is 3.00 bits per heavy atom. The summed E-state index contributed by atoms with van der Waals surface area (Å²) in [6, 6.07) is 5.57. The van der Waals surface area contributed by atoms with Crippen LogP contribution in [-0.4, -0.2) is 42.2 Å². The molecule has 0 spiro atoms. The second-order valence-corrected chi connectivity index (χ2v) is 5.44. The highest BCUT2D eigenvalue weighted by Crippen LogP contribution is 2.26. The van der Waals surface area contributed by atoms with Crippen LogP contribution in [0.5, 0.6) is 5.75 Å². The molecule has 1 heterocycles. The quantitative estimate of drug-likeness (QED) is 0.907. The molecule has 1 aliphatic heterocycles. The molecule has 1 atom stereocenters. The predicted molar refractivity (Wildman–Crippen MR) is 78.1 cm³/mol. The van der Waals surface area contributed by atoms with Gasteiger partial charge in [0.25, 0.3) is 0 Å². The van der Waals surface area contributed by atoms with Crippen LogP contribution in [0.3, 0.4) is 0 Å². The molecule has 20 heavy (non-hydrogen) atoms. The minimum atomic E-state index is 0.00181. The van der Waals surface area contributed by atoms with Crippen molar-refractivity contribution in [1.82, 2.24) is 4.90 Å². The van der Waals surface area contributed by atoms with E-state index >= 15 is 0 Å². The first-order chi connectivity index (χ1) is 9.65. The number of carbonyl (C=O) groups is 1. The third-order valence-corrected chi connectivity index (χ3v) is 4.05. The van der Waals surface area contributed by atoms with Crippen LogP contribution in [0.1, 0.15) is 24.8 Å². The van der Waals surface area contributed by atoms with Crippen molar-refractivity contribution < 1.29 is 14.6 Å². The zero-order chi connectivity index (χ0) is 14.5. The highest BCUT2D eigenvalue weighted by atomic mass is 35.5. The number of amides is 1. The third-order valence-electron chi connectivity index (χ3n) is 3.75. The molecule has 5 heteroatoms.